The van der Waals surface area contributed by atoms with Crippen molar-refractivity contribution >= 4 is 11.7 Å². The summed E-state index contributed by atoms with van der Waals surface area (Å²) >= 11 is 0. The average Bonchev–Trinajstić information content (AvgIpc) is 2.42. The van der Waals surface area contributed by atoms with Crippen LogP contribution in [0.25, 0.3) is 0 Å². The van der Waals surface area contributed by atoms with Crippen LogP contribution in [-0.2, 0) is 9.53 Å². The lowest BCUT2D eigenvalue weighted by Gasteiger charge is -2.41. The number of anilines is 1. The summed E-state index contributed by atoms with van der Waals surface area (Å²) in [5.41, 5.74) is -0.119. The number of ether oxygens (including phenoxy) is 1. The summed E-state index contributed by atoms with van der Waals surface area (Å²) in [5, 5.41) is 3.22. The monoisotopic (exact) mass is 279 g/mol. The first-order valence-corrected chi connectivity index (χ1v) is 7.09. The second kappa shape index (κ2) is 5.81. The smallest absolute Gasteiger partial charge is 0.331 e. The predicted molar refractivity (Wildman–Crippen MR) is 76.9 cm³/mol. The van der Waals surface area contributed by atoms with E-state index in [-0.39, 0.29) is 11.8 Å². The lowest BCUT2D eigenvalue weighted by atomic mass is 9.71. The number of carbonyl (C=O) groups is 1. The molecule has 1 N–H and O–H groups in total. The Labute approximate surface area is 119 Å². The standard InChI is InChI=1S/C16H22FNO2/c1-11-7-8-16(10-12(11)2,15(19)20-3)18-14-6-4-5-13(17)9-14/h4-6,9,11-12,18H,7-8,10H2,1-3H3. The lowest BCUT2D eigenvalue weighted by Crippen LogP contribution is -2.51. The molecular weight excluding hydrogens is 257 g/mol. The summed E-state index contributed by atoms with van der Waals surface area (Å²) in [6, 6.07) is 6.21. The molecule has 20 heavy (non-hydrogen) atoms. The van der Waals surface area contributed by atoms with E-state index in [1.54, 1.807) is 12.1 Å². The minimum Gasteiger partial charge on any atom is -0.467 e. The molecule has 0 saturated heterocycles. The van der Waals surface area contributed by atoms with Gasteiger partial charge in [-0.2, -0.15) is 0 Å². The van der Waals surface area contributed by atoms with Crippen LogP contribution in [-0.4, -0.2) is 18.6 Å². The van der Waals surface area contributed by atoms with Gasteiger partial charge >= 0.3 is 5.97 Å². The highest BCUT2D eigenvalue weighted by atomic mass is 19.1. The minimum absolute atomic E-state index is 0.263. The van der Waals surface area contributed by atoms with Crippen molar-refractivity contribution in [1.82, 2.24) is 0 Å². The van der Waals surface area contributed by atoms with Crippen LogP contribution < -0.4 is 5.32 Å². The number of hydrogen-bond donors (Lipinski definition) is 1. The third-order valence-electron chi connectivity index (χ3n) is 4.45. The number of methoxy groups -OCH3 is 1. The number of hydrogen-bond acceptors (Lipinski definition) is 3. The highest BCUT2D eigenvalue weighted by molar-refractivity contribution is 5.84. The van der Waals surface area contributed by atoms with Gasteiger partial charge in [0.25, 0.3) is 0 Å². The Bertz CT molecular complexity index is 491. The molecule has 3 nitrogen and oxygen atoms in total. The fraction of sp³-hybridized carbons (Fsp3) is 0.562. The van der Waals surface area contributed by atoms with Gasteiger partial charge in [-0.1, -0.05) is 19.9 Å². The van der Waals surface area contributed by atoms with Crippen molar-refractivity contribution in [2.24, 2.45) is 11.8 Å². The first kappa shape index (κ1) is 14.8. The summed E-state index contributed by atoms with van der Waals surface area (Å²) in [6.07, 6.45) is 2.37. The summed E-state index contributed by atoms with van der Waals surface area (Å²) in [7, 11) is 1.40. The molecule has 1 aliphatic carbocycles. The molecular formula is C16H22FNO2. The van der Waals surface area contributed by atoms with Crippen molar-refractivity contribution in [1.29, 1.82) is 0 Å². The highest BCUT2D eigenvalue weighted by Gasteiger charge is 2.44. The summed E-state index contributed by atoms with van der Waals surface area (Å²) in [4.78, 5) is 12.3. The van der Waals surface area contributed by atoms with Crippen molar-refractivity contribution in [2.45, 2.75) is 38.6 Å². The maximum absolute atomic E-state index is 13.3. The van der Waals surface area contributed by atoms with Gasteiger partial charge in [-0.25, -0.2) is 9.18 Å². The molecule has 0 aromatic heterocycles. The Morgan fingerprint density at radius 1 is 1.40 bits per heavy atom. The van der Waals surface area contributed by atoms with Crippen molar-refractivity contribution < 1.29 is 13.9 Å². The number of benzene rings is 1. The van der Waals surface area contributed by atoms with Gasteiger partial charge in [-0.3, -0.25) is 0 Å². The summed E-state index contributed by atoms with van der Waals surface area (Å²) in [5.74, 6) is 0.429. The van der Waals surface area contributed by atoms with Crippen LogP contribution in [0, 0.1) is 17.7 Å². The van der Waals surface area contributed by atoms with E-state index < -0.39 is 5.54 Å². The van der Waals surface area contributed by atoms with Gasteiger partial charge in [0.05, 0.1) is 7.11 Å². The van der Waals surface area contributed by atoms with Crippen molar-refractivity contribution in [2.75, 3.05) is 12.4 Å². The van der Waals surface area contributed by atoms with Gasteiger partial charge in [-0.15, -0.1) is 0 Å². The van der Waals surface area contributed by atoms with Gasteiger partial charge in [0.1, 0.15) is 11.4 Å². The normalized spacial score (nSPS) is 29.8. The zero-order valence-electron chi connectivity index (χ0n) is 12.3. The van der Waals surface area contributed by atoms with E-state index >= 15 is 0 Å². The first-order valence-electron chi connectivity index (χ1n) is 7.09. The maximum atomic E-state index is 13.3. The molecule has 1 aromatic carbocycles. The Kier molecular flexibility index (Phi) is 4.31. The predicted octanol–water partition coefficient (Wildman–Crippen LogP) is 3.61. The molecule has 0 heterocycles. The minimum atomic E-state index is -0.742. The maximum Gasteiger partial charge on any atom is 0.331 e. The zero-order valence-corrected chi connectivity index (χ0v) is 12.3. The van der Waals surface area contributed by atoms with Crippen LogP contribution >= 0.6 is 0 Å². The molecule has 1 fully saturated rings. The van der Waals surface area contributed by atoms with E-state index in [9.17, 15) is 9.18 Å². The molecule has 0 aliphatic heterocycles. The van der Waals surface area contributed by atoms with Crippen LogP contribution in [0.4, 0.5) is 10.1 Å². The number of carbonyl (C=O) groups excluding carboxylic acids is 1. The summed E-state index contributed by atoms with van der Waals surface area (Å²) in [6.45, 7) is 4.35. The van der Waals surface area contributed by atoms with Crippen molar-refractivity contribution in [3.05, 3.63) is 30.1 Å². The molecule has 2 rings (SSSR count). The quantitative estimate of drug-likeness (QED) is 0.859. The number of halogens is 1. The van der Waals surface area contributed by atoms with Gasteiger partial charge < -0.3 is 10.1 Å². The second-order valence-electron chi connectivity index (χ2n) is 5.91. The average molecular weight is 279 g/mol. The topological polar surface area (TPSA) is 38.3 Å². The molecule has 1 aliphatic rings. The van der Waals surface area contributed by atoms with Gasteiger partial charge in [0, 0.05) is 5.69 Å². The second-order valence-corrected chi connectivity index (χ2v) is 5.91. The first-order chi connectivity index (χ1) is 9.47. The molecule has 0 spiro atoms. The van der Waals surface area contributed by atoms with E-state index in [4.69, 9.17) is 4.74 Å². The Hall–Kier alpha value is -1.58. The van der Waals surface area contributed by atoms with E-state index in [1.807, 2.05) is 0 Å². The molecule has 1 aromatic rings. The van der Waals surface area contributed by atoms with Crippen LogP contribution in [0.2, 0.25) is 0 Å². The third-order valence-corrected chi connectivity index (χ3v) is 4.45. The van der Waals surface area contributed by atoms with Crippen LogP contribution in [0.15, 0.2) is 24.3 Å². The fourth-order valence-electron chi connectivity index (χ4n) is 3.00. The van der Waals surface area contributed by atoms with E-state index in [0.717, 1.165) is 6.42 Å². The highest BCUT2D eigenvalue weighted by Crippen LogP contribution is 2.39. The largest absolute Gasteiger partial charge is 0.467 e. The van der Waals surface area contributed by atoms with Crippen LogP contribution in [0.1, 0.15) is 33.1 Å². The Balaban J connectivity index is 2.26. The van der Waals surface area contributed by atoms with Gasteiger partial charge in [-0.05, 0) is 49.3 Å². The Morgan fingerprint density at radius 2 is 2.15 bits per heavy atom. The molecule has 3 unspecified atom stereocenters. The summed E-state index contributed by atoms with van der Waals surface area (Å²) < 4.78 is 18.3. The number of nitrogens with one attached hydrogen (secondary N) is 1. The molecule has 0 radical (unpaired) electrons. The van der Waals surface area contributed by atoms with Crippen molar-refractivity contribution in [3.8, 4) is 0 Å². The van der Waals surface area contributed by atoms with E-state index in [0.29, 0.717) is 30.4 Å². The number of esters is 1. The molecule has 0 bridgehead atoms. The SMILES string of the molecule is COC(=O)C1(Nc2cccc(F)c2)CCC(C)C(C)C1. The van der Waals surface area contributed by atoms with Crippen LogP contribution in [0.5, 0.6) is 0 Å². The van der Waals surface area contributed by atoms with E-state index in [2.05, 4.69) is 19.2 Å². The lowest BCUT2D eigenvalue weighted by molar-refractivity contribution is -0.148. The molecule has 110 valence electrons. The zero-order chi connectivity index (χ0) is 14.8. The third kappa shape index (κ3) is 2.94. The Morgan fingerprint density at radius 3 is 2.75 bits per heavy atom. The van der Waals surface area contributed by atoms with E-state index in [1.165, 1.54) is 19.2 Å². The number of rotatable bonds is 3. The van der Waals surface area contributed by atoms with Gasteiger partial charge in [0.15, 0.2) is 0 Å². The fourth-order valence-corrected chi connectivity index (χ4v) is 3.00. The van der Waals surface area contributed by atoms with Gasteiger partial charge in [0.2, 0.25) is 0 Å². The van der Waals surface area contributed by atoms with Crippen LogP contribution in [0.3, 0.4) is 0 Å². The molecule has 3 atom stereocenters. The molecule has 4 heteroatoms. The van der Waals surface area contributed by atoms with Crippen molar-refractivity contribution in [3.63, 3.8) is 0 Å². The molecule has 0 amide bonds. The molecule has 1 saturated carbocycles.